The highest BCUT2D eigenvalue weighted by molar-refractivity contribution is 9.10. The van der Waals surface area contributed by atoms with E-state index in [9.17, 15) is 4.39 Å². The fourth-order valence-electron chi connectivity index (χ4n) is 2.21. The minimum atomic E-state index is -0.461. The van der Waals surface area contributed by atoms with Crippen molar-refractivity contribution in [3.63, 3.8) is 0 Å². The molecule has 1 N–H and O–H groups in total. The minimum absolute atomic E-state index is 0.0772. The van der Waals surface area contributed by atoms with Crippen LogP contribution < -0.4 is 0 Å². The predicted molar refractivity (Wildman–Crippen MR) is 85.9 cm³/mol. The zero-order chi connectivity index (χ0) is 14.4. The van der Waals surface area contributed by atoms with Gasteiger partial charge in [0.2, 0.25) is 0 Å². The van der Waals surface area contributed by atoms with Crippen LogP contribution in [0.25, 0.3) is 16.7 Å². The summed E-state index contributed by atoms with van der Waals surface area (Å²) in [6.07, 6.45) is 0. The molecule has 0 unspecified atom stereocenters. The SMILES string of the molecule is Cc1cc(Br)ccc1-n1c(=S)[nH]c2cc(Cl)c(F)cc21. The van der Waals surface area contributed by atoms with Crippen molar-refractivity contribution in [1.29, 1.82) is 0 Å². The maximum atomic E-state index is 13.7. The van der Waals surface area contributed by atoms with E-state index >= 15 is 0 Å². The van der Waals surface area contributed by atoms with Crippen molar-refractivity contribution in [2.24, 2.45) is 0 Å². The molecule has 3 rings (SSSR count). The van der Waals surface area contributed by atoms with E-state index in [0.29, 0.717) is 15.8 Å². The Labute approximate surface area is 133 Å². The van der Waals surface area contributed by atoms with Gasteiger partial charge in [0.05, 0.1) is 21.7 Å². The first-order chi connectivity index (χ1) is 9.47. The van der Waals surface area contributed by atoms with Crippen LogP contribution in [0, 0.1) is 17.5 Å². The van der Waals surface area contributed by atoms with Crippen LogP contribution in [-0.2, 0) is 0 Å². The highest BCUT2D eigenvalue weighted by Gasteiger charge is 2.12. The third kappa shape index (κ3) is 2.20. The second-order valence-corrected chi connectivity index (χ2v) is 6.19. The van der Waals surface area contributed by atoms with E-state index in [-0.39, 0.29) is 5.02 Å². The van der Waals surface area contributed by atoms with Crippen LogP contribution in [-0.4, -0.2) is 9.55 Å². The lowest BCUT2D eigenvalue weighted by Gasteiger charge is -2.09. The van der Waals surface area contributed by atoms with Gasteiger partial charge in [-0.1, -0.05) is 27.5 Å². The number of aryl methyl sites for hydroxylation is 1. The van der Waals surface area contributed by atoms with Gasteiger partial charge in [0.15, 0.2) is 4.77 Å². The van der Waals surface area contributed by atoms with Crippen LogP contribution in [0.1, 0.15) is 5.56 Å². The molecule has 0 fully saturated rings. The molecule has 0 aliphatic carbocycles. The average molecular weight is 372 g/mol. The molecule has 3 aromatic rings. The molecule has 0 spiro atoms. The number of hydrogen-bond donors (Lipinski definition) is 1. The zero-order valence-electron chi connectivity index (χ0n) is 10.4. The number of rotatable bonds is 1. The molecule has 0 saturated heterocycles. The number of aromatic nitrogens is 2. The first-order valence-electron chi connectivity index (χ1n) is 5.83. The molecule has 0 aliphatic rings. The Bertz CT molecular complexity index is 885. The molecule has 2 aromatic carbocycles. The standard InChI is InChI=1S/C14H9BrClFN2S/c1-7-4-8(15)2-3-12(7)19-13-6-10(17)9(16)5-11(13)18-14(19)20/h2-6H,1H3,(H,18,20). The van der Waals surface area contributed by atoms with Crippen LogP contribution in [0.3, 0.4) is 0 Å². The molecule has 1 aromatic heterocycles. The number of nitrogens with one attached hydrogen (secondary N) is 1. The van der Waals surface area contributed by atoms with Crippen molar-refractivity contribution in [3.8, 4) is 5.69 Å². The van der Waals surface area contributed by atoms with Crippen molar-refractivity contribution in [2.45, 2.75) is 6.92 Å². The number of H-pyrrole nitrogens is 1. The molecule has 2 nitrogen and oxygen atoms in total. The zero-order valence-corrected chi connectivity index (χ0v) is 13.5. The van der Waals surface area contributed by atoms with Gasteiger partial charge < -0.3 is 4.98 Å². The summed E-state index contributed by atoms with van der Waals surface area (Å²) in [5.41, 5.74) is 3.32. The van der Waals surface area contributed by atoms with Crippen LogP contribution in [0.15, 0.2) is 34.8 Å². The molecule has 1 heterocycles. The summed E-state index contributed by atoms with van der Waals surface area (Å²) in [4.78, 5) is 3.05. The molecule has 0 bridgehead atoms. The Morgan fingerprint density at radius 2 is 2.05 bits per heavy atom. The number of nitrogens with zero attached hydrogens (tertiary/aromatic N) is 1. The lowest BCUT2D eigenvalue weighted by Crippen LogP contribution is -1.97. The van der Waals surface area contributed by atoms with Crippen molar-refractivity contribution in [2.75, 3.05) is 0 Å². The topological polar surface area (TPSA) is 20.7 Å². The van der Waals surface area contributed by atoms with Gasteiger partial charge in [-0.2, -0.15) is 0 Å². The highest BCUT2D eigenvalue weighted by Crippen LogP contribution is 2.27. The van der Waals surface area contributed by atoms with Gasteiger partial charge in [-0.25, -0.2) is 4.39 Å². The molecule has 0 atom stereocenters. The van der Waals surface area contributed by atoms with Crippen molar-refractivity contribution in [3.05, 3.63) is 56.0 Å². The van der Waals surface area contributed by atoms with Gasteiger partial charge in [0.1, 0.15) is 5.82 Å². The second-order valence-electron chi connectivity index (χ2n) is 4.48. The van der Waals surface area contributed by atoms with E-state index in [4.69, 9.17) is 23.8 Å². The summed E-state index contributed by atoms with van der Waals surface area (Å²) in [5.74, 6) is -0.461. The molecule has 20 heavy (non-hydrogen) atoms. The lowest BCUT2D eigenvalue weighted by atomic mass is 10.2. The molecule has 0 radical (unpaired) electrons. The second kappa shape index (κ2) is 4.98. The summed E-state index contributed by atoms with van der Waals surface area (Å²) < 4.78 is 17.0. The molecule has 0 aliphatic heterocycles. The number of benzene rings is 2. The number of imidazole rings is 1. The first-order valence-corrected chi connectivity index (χ1v) is 7.41. The predicted octanol–water partition coefficient (Wildman–Crippen LogP) is 5.55. The van der Waals surface area contributed by atoms with Crippen LogP contribution in [0.2, 0.25) is 5.02 Å². The molecule has 102 valence electrons. The smallest absolute Gasteiger partial charge is 0.182 e. The van der Waals surface area contributed by atoms with E-state index in [1.54, 1.807) is 6.07 Å². The summed E-state index contributed by atoms with van der Waals surface area (Å²) in [6, 6.07) is 8.80. The Kier molecular flexibility index (Phi) is 3.44. The third-order valence-electron chi connectivity index (χ3n) is 3.12. The Morgan fingerprint density at radius 1 is 1.30 bits per heavy atom. The molecular formula is C14H9BrClFN2S. The monoisotopic (exact) mass is 370 g/mol. The highest BCUT2D eigenvalue weighted by atomic mass is 79.9. The van der Waals surface area contributed by atoms with Crippen LogP contribution >= 0.6 is 39.7 Å². The van der Waals surface area contributed by atoms with E-state index in [2.05, 4.69) is 20.9 Å². The van der Waals surface area contributed by atoms with Gasteiger partial charge in [-0.15, -0.1) is 0 Å². The van der Waals surface area contributed by atoms with E-state index in [1.165, 1.54) is 6.07 Å². The van der Waals surface area contributed by atoms with Crippen LogP contribution in [0.4, 0.5) is 4.39 Å². The van der Waals surface area contributed by atoms with E-state index < -0.39 is 5.82 Å². The molecular weight excluding hydrogens is 363 g/mol. The van der Waals surface area contributed by atoms with Gasteiger partial charge in [0, 0.05) is 10.5 Å². The fourth-order valence-corrected chi connectivity index (χ4v) is 3.16. The summed E-state index contributed by atoms with van der Waals surface area (Å²) in [6.45, 7) is 1.98. The van der Waals surface area contributed by atoms with Crippen LogP contribution in [0.5, 0.6) is 0 Å². The number of hydrogen-bond acceptors (Lipinski definition) is 1. The maximum absolute atomic E-state index is 13.7. The summed E-state index contributed by atoms with van der Waals surface area (Å²) >= 11 is 14.6. The number of aromatic amines is 1. The van der Waals surface area contributed by atoms with Crippen molar-refractivity contribution in [1.82, 2.24) is 9.55 Å². The normalized spacial score (nSPS) is 11.2. The van der Waals surface area contributed by atoms with Crippen molar-refractivity contribution < 1.29 is 4.39 Å². The Morgan fingerprint density at radius 3 is 2.75 bits per heavy atom. The Balaban J connectivity index is 2.39. The van der Waals surface area contributed by atoms with Gasteiger partial charge in [-0.05, 0) is 49.0 Å². The quantitative estimate of drug-likeness (QED) is 0.556. The largest absolute Gasteiger partial charge is 0.330 e. The number of halogens is 3. The maximum Gasteiger partial charge on any atom is 0.182 e. The fraction of sp³-hybridized carbons (Fsp3) is 0.0714. The summed E-state index contributed by atoms with van der Waals surface area (Å²) in [5, 5.41) is 0.0772. The number of fused-ring (bicyclic) bond motifs is 1. The van der Waals surface area contributed by atoms with E-state index in [0.717, 1.165) is 15.7 Å². The van der Waals surface area contributed by atoms with Gasteiger partial charge >= 0.3 is 0 Å². The van der Waals surface area contributed by atoms with Gasteiger partial charge in [0.25, 0.3) is 0 Å². The molecule has 0 saturated carbocycles. The minimum Gasteiger partial charge on any atom is -0.330 e. The summed E-state index contributed by atoms with van der Waals surface area (Å²) in [7, 11) is 0. The first kappa shape index (κ1) is 13.8. The van der Waals surface area contributed by atoms with Gasteiger partial charge in [-0.3, -0.25) is 4.57 Å². The Hall–Kier alpha value is -1.17. The average Bonchev–Trinajstić information content (AvgIpc) is 2.66. The molecule has 6 heteroatoms. The molecule has 0 amide bonds. The third-order valence-corrected chi connectivity index (χ3v) is 4.19. The lowest BCUT2D eigenvalue weighted by molar-refractivity contribution is 0.629. The van der Waals surface area contributed by atoms with E-state index in [1.807, 2.05) is 29.7 Å². The van der Waals surface area contributed by atoms with Crippen molar-refractivity contribution >= 4 is 50.8 Å².